The smallest absolute Gasteiger partial charge is 0.337 e. The topological polar surface area (TPSA) is 92.5 Å². The van der Waals surface area contributed by atoms with Crippen molar-refractivity contribution in [1.29, 1.82) is 0 Å². The minimum Gasteiger partial charge on any atom is -0.478 e. The molecule has 1 rings (SSSR count). The minimum atomic E-state index is -1.11. The number of nitrogens with one attached hydrogen (secondary N) is 1. The van der Waals surface area contributed by atoms with Gasteiger partial charge in [0.1, 0.15) is 0 Å². The molecule has 1 aromatic carbocycles. The second-order valence-electron chi connectivity index (χ2n) is 3.58. The van der Waals surface area contributed by atoms with Gasteiger partial charge in [0.2, 0.25) is 0 Å². The van der Waals surface area contributed by atoms with Crippen molar-refractivity contribution in [2.75, 3.05) is 23.4 Å². The third kappa shape index (κ3) is 4.63. The highest BCUT2D eigenvalue weighted by Crippen LogP contribution is 2.22. The van der Waals surface area contributed by atoms with Gasteiger partial charge in [-0.15, -0.1) is 6.58 Å². The van der Waals surface area contributed by atoms with Crippen LogP contribution in [0.2, 0.25) is 0 Å². The van der Waals surface area contributed by atoms with Crippen LogP contribution in [-0.4, -0.2) is 34.0 Å². The molecular weight excluding hydrogens is 268 g/mol. The van der Waals surface area contributed by atoms with Gasteiger partial charge in [0, 0.05) is 30.2 Å². The Hall–Kier alpha value is -2.02. The van der Waals surface area contributed by atoms with E-state index in [2.05, 4.69) is 11.9 Å². The second kappa shape index (κ2) is 7.42. The lowest BCUT2D eigenvalue weighted by Crippen LogP contribution is -2.09. The fourth-order valence-corrected chi connectivity index (χ4v) is 1.98. The molecule has 0 bridgehead atoms. The number of thioether (sulfide) groups is 1. The lowest BCUT2D eigenvalue weighted by atomic mass is 10.1. The lowest BCUT2D eigenvalue weighted by Gasteiger charge is -2.08. The predicted octanol–water partition coefficient (Wildman–Crippen LogP) is 2.62. The van der Waals surface area contributed by atoms with Gasteiger partial charge in [-0.1, -0.05) is 6.08 Å². The number of aromatic carboxylic acids is 1. The van der Waals surface area contributed by atoms with Crippen molar-refractivity contribution in [1.82, 2.24) is 0 Å². The van der Waals surface area contributed by atoms with Crippen LogP contribution in [0.1, 0.15) is 10.4 Å². The molecule has 0 heterocycles. The number of anilines is 1. The number of benzene rings is 1. The molecular formula is C12H14N2O4S. The number of hydrogen-bond acceptors (Lipinski definition) is 5. The molecule has 0 radical (unpaired) electrons. The van der Waals surface area contributed by atoms with E-state index in [0.717, 1.165) is 11.5 Å². The summed E-state index contributed by atoms with van der Waals surface area (Å²) in [7, 11) is 0. The van der Waals surface area contributed by atoms with Gasteiger partial charge in [-0.2, -0.15) is 11.8 Å². The summed E-state index contributed by atoms with van der Waals surface area (Å²) in [5, 5.41) is 22.6. The van der Waals surface area contributed by atoms with E-state index in [9.17, 15) is 14.9 Å². The first-order valence-electron chi connectivity index (χ1n) is 5.50. The number of nitrogens with zero attached hydrogens (tertiary/aromatic N) is 1. The van der Waals surface area contributed by atoms with Crippen molar-refractivity contribution in [2.24, 2.45) is 0 Å². The van der Waals surface area contributed by atoms with E-state index in [1.807, 2.05) is 0 Å². The zero-order valence-corrected chi connectivity index (χ0v) is 11.0. The number of carboxylic acid groups (broad SMARTS) is 1. The molecule has 7 heteroatoms. The molecule has 0 amide bonds. The number of carbonyl (C=O) groups is 1. The summed E-state index contributed by atoms with van der Waals surface area (Å²) in [5.74, 6) is 0.451. The molecule has 0 aliphatic rings. The first-order valence-corrected chi connectivity index (χ1v) is 6.66. The van der Waals surface area contributed by atoms with Crippen molar-refractivity contribution in [3.05, 3.63) is 46.5 Å². The Kier molecular flexibility index (Phi) is 5.87. The van der Waals surface area contributed by atoms with Gasteiger partial charge >= 0.3 is 5.97 Å². The van der Waals surface area contributed by atoms with Crippen LogP contribution in [0.4, 0.5) is 11.4 Å². The summed E-state index contributed by atoms with van der Waals surface area (Å²) in [6.45, 7) is 4.12. The van der Waals surface area contributed by atoms with E-state index < -0.39 is 10.9 Å². The molecule has 0 saturated heterocycles. The second-order valence-corrected chi connectivity index (χ2v) is 4.73. The van der Waals surface area contributed by atoms with E-state index in [4.69, 9.17) is 5.11 Å². The van der Waals surface area contributed by atoms with Crippen LogP contribution in [-0.2, 0) is 0 Å². The van der Waals surface area contributed by atoms with Gasteiger partial charge in [-0.05, 0) is 6.07 Å². The fourth-order valence-electron chi connectivity index (χ4n) is 1.40. The Morgan fingerprint density at radius 2 is 2.32 bits per heavy atom. The van der Waals surface area contributed by atoms with Crippen LogP contribution in [0.15, 0.2) is 30.9 Å². The van der Waals surface area contributed by atoms with E-state index in [1.54, 1.807) is 17.8 Å². The molecule has 102 valence electrons. The first kappa shape index (κ1) is 15.0. The number of non-ortho nitro benzene ring substituents is 1. The number of carboxylic acids is 1. The van der Waals surface area contributed by atoms with E-state index >= 15 is 0 Å². The van der Waals surface area contributed by atoms with Crippen LogP contribution in [0.3, 0.4) is 0 Å². The molecule has 0 spiro atoms. The Morgan fingerprint density at radius 3 is 2.89 bits per heavy atom. The van der Waals surface area contributed by atoms with E-state index in [1.165, 1.54) is 18.2 Å². The lowest BCUT2D eigenvalue weighted by molar-refractivity contribution is -0.384. The highest BCUT2D eigenvalue weighted by molar-refractivity contribution is 7.99. The van der Waals surface area contributed by atoms with Crippen molar-refractivity contribution in [3.63, 3.8) is 0 Å². The molecule has 0 aliphatic carbocycles. The standard InChI is InChI=1S/C12H14N2O4S/c1-2-6-19-7-5-13-11-8-9(14(17)18)3-4-10(11)12(15)16/h2-4,8,13H,1,5-7H2,(H,15,16). The van der Waals surface area contributed by atoms with Crippen LogP contribution >= 0.6 is 11.8 Å². The normalized spacial score (nSPS) is 9.89. The SMILES string of the molecule is C=CCSCCNc1cc([N+](=O)[O-])ccc1C(=O)O. The Labute approximate surface area is 114 Å². The number of nitro benzene ring substituents is 1. The number of rotatable bonds is 8. The Bertz CT molecular complexity index is 491. The maximum atomic E-state index is 11.0. The summed E-state index contributed by atoms with van der Waals surface area (Å²) in [6, 6.07) is 3.66. The molecule has 0 atom stereocenters. The summed E-state index contributed by atoms with van der Waals surface area (Å²) in [5.41, 5.74) is 0.159. The van der Waals surface area contributed by atoms with Gasteiger partial charge in [0.15, 0.2) is 0 Å². The van der Waals surface area contributed by atoms with Crippen LogP contribution in [0, 0.1) is 10.1 Å². The molecule has 2 N–H and O–H groups in total. The largest absolute Gasteiger partial charge is 0.478 e. The molecule has 0 saturated carbocycles. The van der Waals surface area contributed by atoms with Gasteiger partial charge in [-0.3, -0.25) is 10.1 Å². The zero-order valence-electron chi connectivity index (χ0n) is 10.2. The summed E-state index contributed by atoms with van der Waals surface area (Å²) in [6.07, 6.45) is 1.78. The Morgan fingerprint density at radius 1 is 1.58 bits per heavy atom. The molecule has 0 aromatic heterocycles. The van der Waals surface area contributed by atoms with Crippen molar-refractivity contribution in [2.45, 2.75) is 0 Å². The number of hydrogen-bond donors (Lipinski definition) is 2. The predicted molar refractivity (Wildman–Crippen MR) is 76.1 cm³/mol. The van der Waals surface area contributed by atoms with Crippen LogP contribution < -0.4 is 5.32 Å². The molecule has 0 aliphatic heterocycles. The third-order valence-corrected chi connectivity index (χ3v) is 3.21. The van der Waals surface area contributed by atoms with Crippen LogP contribution in [0.25, 0.3) is 0 Å². The monoisotopic (exact) mass is 282 g/mol. The van der Waals surface area contributed by atoms with Crippen molar-refractivity contribution < 1.29 is 14.8 Å². The van der Waals surface area contributed by atoms with E-state index in [0.29, 0.717) is 6.54 Å². The minimum absolute atomic E-state index is 0.0271. The highest BCUT2D eigenvalue weighted by atomic mass is 32.2. The molecule has 0 unspecified atom stereocenters. The van der Waals surface area contributed by atoms with Gasteiger partial charge < -0.3 is 10.4 Å². The van der Waals surface area contributed by atoms with Gasteiger partial charge in [0.05, 0.1) is 16.2 Å². The summed E-state index contributed by atoms with van der Waals surface area (Å²) in [4.78, 5) is 21.1. The van der Waals surface area contributed by atoms with Crippen molar-refractivity contribution in [3.8, 4) is 0 Å². The molecule has 0 fully saturated rings. The molecule has 1 aromatic rings. The van der Waals surface area contributed by atoms with Gasteiger partial charge in [0.25, 0.3) is 5.69 Å². The first-order chi connectivity index (χ1) is 9.06. The average Bonchev–Trinajstić information content (AvgIpc) is 2.38. The maximum Gasteiger partial charge on any atom is 0.337 e. The quantitative estimate of drug-likeness (QED) is 0.329. The maximum absolute atomic E-state index is 11.0. The van der Waals surface area contributed by atoms with E-state index in [-0.39, 0.29) is 16.9 Å². The van der Waals surface area contributed by atoms with Crippen LogP contribution in [0.5, 0.6) is 0 Å². The average molecular weight is 282 g/mol. The highest BCUT2D eigenvalue weighted by Gasteiger charge is 2.14. The zero-order chi connectivity index (χ0) is 14.3. The molecule has 19 heavy (non-hydrogen) atoms. The van der Waals surface area contributed by atoms with Gasteiger partial charge in [-0.25, -0.2) is 4.79 Å². The number of nitro groups is 1. The fraction of sp³-hybridized carbons (Fsp3) is 0.250. The summed E-state index contributed by atoms with van der Waals surface area (Å²) >= 11 is 1.64. The Balaban J connectivity index is 2.77. The third-order valence-electron chi connectivity index (χ3n) is 2.24. The summed E-state index contributed by atoms with van der Waals surface area (Å²) < 4.78 is 0. The van der Waals surface area contributed by atoms with Crippen molar-refractivity contribution >= 4 is 29.1 Å². The molecule has 6 nitrogen and oxygen atoms in total.